The van der Waals surface area contributed by atoms with E-state index in [0.29, 0.717) is 6.04 Å². The van der Waals surface area contributed by atoms with E-state index < -0.39 is 0 Å². The van der Waals surface area contributed by atoms with Gasteiger partial charge in [0, 0.05) is 32.2 Å². The zero-order valence-corrected chi connectivity index (χ0v) is 13.1. The molecule has 0 saturated carbocycles. The zero-order chi connectivity index (χ0) is 14.0. The summed E-state index contributed by atoms with van der Waals surface area (Å²) in [6, 6.07) is 9.65. The highest BCUT2D eigenvalue weighted by Gasteiger charge is 2.21. The van der Waals surface area contributed by atoms with E-state index in [1.54, 1.807) is 0 Å². The van der Waals surface area contributed by atoms with Crippen LogP contribution in [0.25, 0.3) is 0 Å². The average Bonchev–Trinajstić information content (AvgIpc) is 2.38. The molecule has 1 atom stereocenters. The summed E-state index contributed by atoms with van der Waals surface area (Å²) in [5, 5.41) is 0. The minimum atomic E-state index is 0.234. The van der Waals surface area contributed by atoms with Crippen LogP contribution in [0, 0.1) is 0 Å². The van der Waals surface area contributed by atoms with Crippen molar-refractivity contribution in [3.63, 3.8) is 0 Å². The smallest absolute Gasteiger partial charge is 0.0321 e. The van der Waals surface area contributed by atoms with Crippen LogP contribution in [0.1, 0.15) is 44.9 Å². The van der Waals surface area contributed by atoms with Crippen LogP contribution in [-0.4, -0.2) is 43.0 Å². The van der Waals surface area contributed by atoms with E-state index >= 15 is 0 Å². The third-order valence-electron chi connectivity index (χ3n) is 4.32. The predicted molar refractivity (Wildman–Crippen MR) is 82.6 cm³/mol. The van der Waals surface area contributed by atoms with Crippen LogP contribution in [0.5, 0.6) is 0 Å². The minimum absolute atomic E-state index is 0.234. The van der Waals surface area contributed by atoms with Gasteiger partial charge < -0.3 is 4.90 Å². The summed E-state index contributed by atoms with van der Waals surface area (Å²) in [5.41, 5.74) is 3.13. The van der Waals surface area contributed by atoms with E-state index in [9.17, 15) is 0 Å². The number of hydrogen-bond donors (Lipinski definition) is 0. The average molecular weight is 260 g/mol. The van der Waals surface area contributed by atoms with Crippen molar-refractivity contribution in [1.82, 2.24) is 9.80 Å². The lowest BCUT2D eigenvalue weighted by atomic mass is 9.85. The molecule has 0 N–H and O–H groups in total. The molecule has 1 aromatic rings. The van der Waals surface area contributed by atoms with Crippen molar-refractivity contribution in [2.75, 3.05) is 33.2 Å². The Hall–Kier alpha value is -0.860. The second kappa shape index (κ2) is 5.64. The van der Waals surface area contributed by atoms with Gasteiger partial charge in [-0.2, -0.15) is 0 Å². The maximum absolute atomic E-state index is 2.60. The molecule has 2 nitrogen and oxygen atoms in total. The van der Waals surface area contributed by atoms with E-state index in [0.717, 1.165) is 0 Å². The van der Waals surface area contributed by atoms with E-state index in [-0.39, 0.29) is 5.41 Å². The van der Waals surface area contributed by atoms with Crippen LogP contribution in [-0.2, 0) is 5.41 Å². The lowest BCUT2D eigenvalue weighted by Crippen LogP contribution is -2.45. The van der Waals surface area contributed by atoms with Gasteiger partial charge in [-0.1, -0.05) is 45.0 Å². The van der Waals surface area contributed by atoms with Crippen molar-refractivity contribution in [3.05, 3.63) is 35.4 Å². The molecule has 0 spiro atoms. The van der Waals surface area contributed by atoms with Gasteiger partial charge in [0.15, 0.2) is 0 Å². The molecule has 1 heterocycles. The lowest BCUT2D eigenvalue weighted by Gasteiger charge is -2.37. The van der Waals surface area contributed by atoms with Crippen molar-refractivity contribution in [1.29, 1.82) is 0 Å². The standard InChI is InChI=1S/C17H28N2/c1-14(19-11-9-18(5)10-12-19)15-7-6-8-16(13-15)17(2,3)4/h6-8,13-14H,9-12H2,1-5H3. The quantitative estimate of drug-likeness (QED) is 0.805. The Morgan fingerprint density at radius 2 is 1.68 bits per heavy atom. The van der Waals surface area contributed by atoms with Crippen molar-refractivity contribution >= 4 is 0 Å². The Labute approximate surface area is 118 Å². The summed E-state index contributed by atoms with van der Waals surface area (Å²) >= 11 is 0. The maximum atomic E-state index is 2.60. The molecular formula is C17H28N2. The Balaban J connectivity index is 2.13. The van der Waals surface area contributed by atoms with E-state index in [1.165, 1.54) is 37.3 Å². The first kappa shape index (κ1) is 14.5. The van der Waals surface area contributed by atoms with Crippen LogP contribution in [0.15, 0.2) is 24.3 Å². The number of nitrogens with zero attached hydrogens (tertiary/aromatic N) is 2. The number of piperazine rings is 1. The number of hydrogen-bond acceptors (Lipinski definition) is 2. The van der Waals surface area contributed by atoms with Crippen LogP contribution in [0.4, 0.5) is 0 Å². The molecule has 1 aliphatic rings. The Kier molecular flexibility index (Phi) is 4.32. The van der Waals surface area contributed by atoms with Crippen molar-refractivity contribution < 1.29 is 0 Å². The number of likely N-dealkylation sites (N-methyl/N-ethyl adjacent to an activating group) is 1. The number of benzene rings is 1. The SMILES string of the molecule is CC(c1cccc(C(C)(C)C)c1)N1CCN(C)CC1. The van der Waals surface area contributed by atoms with Crippen molar-refractivity contribution in [2.45, 2.75) is 39.2 Å². The maximum Gasteiger partial charge on any atom is 0.0321 e. The second-order valence-corrected chi connectivity index (χ2v) is 6.89. The molecule has 0 aliphatic carbocycles. The van der Waals surface area contributed by atoms with Gasteiger partial charge in [-0.05, 0) is 30.5 Å². The molecule has 0 bridgehead atoms. The van der Waals surface area contributed by atoms with Gasteiger partial charge in [0.2, 0.25) is 0 Å². The fraction of sp³-hybridized carbons (Fsp3) is 0.647. The fourth-order valence-corrected chi connectivity index (χ4v) is 2.69. The molecule has 1 aliphatic heterocycles. The van der Waals surface area contributed by atoms with Gasteiger partial charge in [0.05, 0.1) is 0 Å². The highest BCUT2D eigenvalue weighted by atomic mass is 15.3. The molecule has 1 aromatic carbocycles. The summed E-state index contributed by atoms with van der Waals surface area (Å²) in [4.78, 5) is 5.01. The Morgan fingerprint density at radius 3 is 2.26 bits per heavy atom. The van der Waals surface area contributed by atoms with E-state index in [2.05, 4.69) is 68.8 Å². The first-order valence-electron chi connectivity index (χ1n) is 7.41. The van der Waals surface area contributed by atoms with Crippen molar-refractivity contribution in [2.24, 2.45) is 0 Å². The van der Waals surface area contributed by atoms with Crippen LogP contribution in [0.2, 0.25) is 0 Å². The summed E-state index contributed by atoms with van der Waals surface area (Å²) in [7, 11) is 2.21. The van der Waals surface area contributed by atoms with Gasteiger partial charge in [-0.15, -0.1) is 0 Å². The zero-order valence-electron chi connectivity index (χ0n) is 13.1. The minimum Gasteiger partial charge on any atom is -0.304 e. The molecule has 0 radical (unpaired) electrons. The first-order valence-corrected chi connectivity index (χ1v) is 7.41. The van der Waals surface area contributed by atoms with E-state index in [4.69, 9.17) is 0 Å². The third kappa shape index (κ3) is 3.58. The molecule has 1 saturated heterocycles. The lowest BCUT2D eigenvalue weighted by molar-refractivity contribution is 0.119. The van der Waals surface area contributed by atoms with Gasteiger partial charge in [-0.25, -0.2) is 0 Å². The van der Waals surface area contributed by atoms with Crippen LogP contribution >= 0.6 is 0 Å². The van der Waals surface area contributed by atoms with Gasteiger partial charge in [0.25, 0.3) is 0 Å². The Morgan fingerprint density at radius 1 is 1.05 bits per heavy atom. The topological polar surface area (TPSA) is 6.48 Å². The molecule has 1 unspecified atom stereocenters. The summed E-state index contributed by atoms with van der Waals surface area (Å²) in [6.07, 6.45) is 0. The third-order valence-corrected chi connectivity index (χ3v) is 4.32. The summed E-state index contributed by atoms with van der Waals surface area (Å²) in [5.74, 6) is 0. The molecule has 19 heavy (non-hydrogen) atoms. The van der Waals surface area contributed by atoms with Crippen LogP contribution < -0.4 is 0 Å². The highest BCUT2D eigenvalue weighted by Crippen LogP contribution is 2.27. The highest BCUT2D eigenvalue weighted by molar-refractivity contribution is 5.30. The normalized spacial score (nSPS) is 20.5. The fourth-order valence-electron chi connectivity index (χ4n) is 2.69. The Bertz CT molecular complexity index is 412. The van der Waals surface area contributed by atoms with Crippen molar-refractivity contribution in [3.8, 4) is 0 Å². The molecule has 0 aromatic heterocycles. The summed E-state index contributed by atoms with van der Waals surface area (Å²) in [6.45, 7) is 13.9. The molecule has 2 rings (SSSR count). The second-order valence-electron chi connectivity index (χ2n) is 6.89. The molecule has 1 fully saturated rings. The molecule has 0 amide bonds. The summed E-state index contributed by atoms with van der Waals surface area (Å²) < 4.78 is 0. The first-order chi connectivity index (χ1) is 8.88. The van der Waals surface area contributed by atoms with Gasteiger partial charge >= 0.3 is 0 Å². The molecule has 106 valence electrons. The molecular weight excluding hydrogens is 232 g/mol. The van der Waals surface area contributed by atoms with Crippen LogP contribution in [0.3, 0.4) is 0 Å². The molecule has 2 heteroatoms. The van der Waals surface area contributed by atoms with Gasteiger partial charge in [0.1, 0.15) is 0 Å². The largest absolute Gasteiger partial charge is 0.304 e. The van der Waals surface area contributed by atoms with Gasteiger partial charge in [-0.3, -0.25) is 4.90 Å². The monoisotopic (exact) mass is 260 g/mol. The number of rotatable bonds is 2. The predicted octanol–water partition coefficient (Wildman–Crippen LogP) is 3.29. The van der Waals surface area contributed by atoms with E-state index in [1.807, 2.05) is 0 Å².